The molecule has 3 atom stereocenters. The van der Waals surface area contributed by atoms with E-state index in [1.165, 1.54) is 10.6 Å². The second-order valence-electron chi connectivity index (χ2n) is 11.7. The lowest BCUT2D eigenvalue weighted by atomic mass is 9.89. The number of benzene rings is 1. The number of fused-ring (bicyclic) bond motifs is 1. The van der Waals surface area contributed by atoms with Crippen molar-refractivity contribution < 1.29 is 19.5 Å². The third-order valence-corrected chi connectivity index (χ3v) is 7.64. The maximum atomic E-state index is 13.3. The van der Waals surface area contributed by atoms with Gasteiger partial charge in [-0.2, -0.15) is 0 Å². The predicted octanol–water partition coefficient (Wildman–Crippen LogP) is 3.84. The minimum atomic E-state index is -0.963. The van der Waals surface area contributed by atoms with Gasteiger partial charge in [0.2, 0.25) is 5.91 Å². The predicted molar refractivity (Wildman–Crippen MR) is 158 cm³/mol. The van der Waals surface area contributed by atoms with E-state index in [-0.39, 0.29) is 23.8 Å². The zero-order valence-electron chi connectivity index (χ0n) is 24.9. The fourth-order valence-corrected chi connectivity index (χ4v) is 4.73. The number of carboxylic acid groups (broad SMARTS) is 1. The molecular weight excluding hydrogens is 506 g/mol. The molecule has 40 heavy (non-hydrogen) atoms. The summed E-state index contributed by atoms with van der Waals surface area (Å²) in [7, 11) is 0. The van der Waals surface area contributed by atoms with Gasteiger partial charge in [0.05, 0.1) is 17.0 Å². The lowest BCUT2D eigenvalue weighted by Crippen LogP contribution is -2.59. The normalized spacial score (nSPS) is 17.8. The maximum Gasteiger partial charge on any atom is 0.322 e. The van der Waals surface area contributed by atoms with Crippen molar-refractivity contribution in [2.24, 2.45) is 11.3 Å². The number of carboxylic acids is 1. The van der Waals surface area contributed by atoms with Gasteiger partial charge >= 0.3 is 5.97 Å². The molecule has 1 aromatic heterocycles. The molecule has 0 aliphatic carbocycles. The van der Waals surface area contributed by atoms with Gasteiger partial charge in [0.1, 0.15) is 6.04 Å². The highest BCUT2D eigenvalue weighted by atomic mass is 16.4. The molecule has 1 aliphatic heterocycles. The Labute approximate surface area is 237 Å². The lowest BCUT2D eigenvalue weighted by molar-refractivity contribution is -0.147. The van der Waals surface area contributed by atoms with Crippen molar-refractivity contribution in [2.45, 2.75) is 85.9 Å². The van der Waals surface area contributed by atoms with Gasteiger partial charge in [0.15, 0.2) is 0 Å². The number of aryl methyl sites for hydroxylation is 2. The minimum absolute atomic E-state index is 0.104. The van der Waals surface area contributed by atoms with E-state index in [1.54, 1.807) is 6.92 Å². The van der Waals surface area contributed by atoms with Crippen LogP contribution in [0.1, 0.15) is 71.2 Å². The van der Waals surface area contributed by atoms with Crippen LogP contribution in [0.4, 0.5) is 0 Å². The molecule has 0 spiro atoms. The van der Waals surface area contributed by atoms with Crippen LogP contribution in [0.5, 0.6) is 0 Å². The Morgan fingerprint density at radius 2 is 1.95 bits per heavy atom. The van der Waals surface area contributed by atoms with E-state index in [0.29, 0.717) is 25.9 Å². The summed E-state index contributed by atoms with van der Waals surface area (Å²) in [4.78, 5) is 42.3. The van der Waals surface area contributed by atoms with Gasteiger partial charge in [-0.3, -0.25) is 24.4 Å². The summed E-state index contributed by atoms with van der Waals surface area (Å²) in [5.74, 6) is -1.15. The van der Waals surface area contributed by atoms with Crippen molar-refractivity contribution in [1.29, 1.82) is 0 Å². The highest BCUT2D eigenvalue weighted by molar-refractivity contribution is 5.86. The topological polar surface area (TPSA) is 124 Å². The lowest BCUT2D eigenvalue weighted by Gasteiger charge is -2.34. The Morgan fingerprint density at radius 3 is 2.60 bits per heavy atom. The van der Waals surface area contributed by atoms with Crippen molar-refractivity contribution in [3.63, 3.8) is 0 Å². The zero-order valence-corrected chi connectivity index (χ0v) is 24.9. The minimum Gasteiger partial charge on any atom is -0.480 e. The monoisotopic (exact) mass is 551 g/mol. The first-order chi connectivity index (χ1) is 18.8. The van der Waals surface area contributed by atoms with Crippen molar-refractivity contribution >= 4 is 34.8 Å². The summed E-state index contributed by atoms with van der Waals surface area (Å²) in [5, 5.41) is 18.2. The molecule has 1 aromatic carbocycles. The molecule has 2 unspecified atom stereocenters. The van der Waals surface area contributed by atoms with E-state index in [0.717, 1.165) is 28.6 Å². The number of aliphatic carboxylic acids is 1. The van der Waals surface area contributed by atoms with E-state index < -0.39 is 23.5 Å². The number of pyridine rings is 1. The van der Waals surface area contributed by atoms with Crippen LogP contribution < -0.4 is 16.1 Å². The zero-order chi connectivity index (χ0) is 29.6. The van der Waals surface area contributed by atoms with Gasteiger partial charge in [-0.15, -0.1) is 0 Å². The highest BCUT2D eigenvalue weighted by Gasteiger charge is 2.31. The van der Waals surface area contributed by atoms with Crippen LogP contribution in [0, 0.1) is 18.3 Å². The second-order valence-corrected chi connectivity index (χ2v) is 11.7. The molecule has 2 aromatic rings. The Bertz CT molecular complexity index is 1260. The number of hydrazine groups is 1. The molecule has 2 amide bonds. The molecule has 9 nitrogen and oxygen atoms in total. The van der Waals surface area contributed by atoms with Gasteiger partial charge in [-0.1, -0.05) is 45.1 Å². The van der Waals surface area contributed by atoms with Crippen LogP contribution in [-0.4, -0.2) is 64.1 Å². The highest BCUT2D eigenvalue weighted by Crippen LogP contribution is 2.23. The first kappa shape index (κ1) is 31.2. The number of hydrogen-bond acceptors (Lipinski definition) is 6. The molecule has 1 saturated heterocycles. The summed E-state index contributed by atoms with van der Waals surface area (Å²) >= 11 is 0. The SMILES string of the molecule is CCc1nc2cc(/C=C/C(C)(C)C(=O)N[C@H](CNC(C)C(=O)N3CCCC(C(=O)O)N3)C(C)C)ccc2cc1C. The molecule has 1 aliphatic rings. The van der Waals surface area contributed by atoms with Crippen molar-refractivity contribution in [3.8, 4) is 0 Å². The number of rotatable bonds is 11. The third kappa shape index (κ3) is 7.88. The molecule has 9 heteroatoms. The number of carbonyl (C=O) groups is 3. The summed E-state index contributed by atoms with van der Waals surface area (Å²) in [5.41, 5.74) is 6.26. The summed E-state index contributed by atoms with van der Waals surface area (Å²) in [6.07, 6.45) is 5.88. The van der Waals surface area contributed by atoms with Crippen molar-refractivity contribution in [1.82, 2.24) is 26.1 Å². The Hall–Kier alpha value is -3.30. The summed E-state index contributed by atoms with van der Waals surface area (Å²) in [6, 6.07) is 6.82. The van der Waals surface area contributed by atoms with Crippen molar-refractivity contribution in [2.75, 3.05) is 13.1 Å². The van der Waals surface area contributed by atoms with Gasteiger partial charge in [0.25, 0.3) is 5.91 Å². The van der Waals surface area contributed by atoms with Gasteiger partial charge in [-0.05, 0) is 76.1 Å². The fraction of sp³-hybridized carbons (Fsp3) is 0.548. The van der Waals surface area contributed by atoms with E-state index >= 15 is 0 Å². The van der Waals surface area contributed by atoms with Crippen LogP contribution in [0.2, 0.25) is 0 Å². The number of amides is 2. The van der Waals surface area contributed by atoms with Crippen LogP contribution >= 0.6 is 0 Å². The molecule has 4 N–H and O–H groups in total. The van der Waals surface area contributed by atoms with Crippen LogP contribution in [0.3, 0.4) is 0 Å². The molecule has 0 saturated carbocycles. The van der Waals surface area contributed by atoms with E-state index in [2.05, 4.69) is 42.0 Å². The third-order valence-electron chi connectivity index (χ3n) is 7.64. The molecule has 2 heterocycles. The van der Waals surface area contributed by atoms with E-state index in [1.807, 2.05) is 52.0 Å². The first-order valence-electron chi connectivity index (χ1n) is 14.3. The van der Waals surface area contributed by atoms with Crippen LogP contribution in [0.25, 0.3) is 17.0 Å². The van der Waals surface area contributed by atoms with Gasteiger partial charge in [0, 0.05) is 30.2 Å². The fourth-order valence-electron chi connectivity index (χ4n) is 4.73. The molecule has 3 rings (SSSR count). The molecule has 1 fully saturated rings. The van der Waals surface area contributed by atoms with Crippen LogP contribution in [0.15, 0.2) is 30.3 Å². The maximum absolute atomic E-state index is 13.3. The Balaban J connectivity index is 1.61. The summed E-state index contributed by atoms with van der Waals surface area (Å²) in [6.45, 7) is 14.6. The average Bonchev–Trinajstić information content (AvgIpc) is 2.92. The van der Waals surface area contributed by atoms with Gasteiger partial charge in [-0.25, -0.2) is 5.43 Å². The Morgan fingerprint density at radius 1 is 1.23 bits per heavy atom. The second kappa shape index (κ2) is 13.4. The molecule has 218 valence electrons. The molecule has 0 bridgehead atoms. The number of nitrogens with zero attached hydrogens (tertiary/aromatic N) is 2. The Kier molecular flexibility index (Phi) is 10.4. The van der Waals surface area contributed by atoms with Crippen LogP contribution in [-0.2, 0) is 20.8 Å². The number of nitrogens with one attached hydrogen (secondary N) is 3. The van der Waals surface area contributed by atoms with Crippen molar-refractivity contribution in [3.05, 3.63) is 47.2 Å². The largest absolute Gasteiger partial charge is 0.480 e. The molecule has 0 radical (unpaired) electrons. The van der Waals surface area contributed by atoms with E-state index in [4.69, 9.17) is 4.98 Å². The van der Waals surface area contributed by atoms with E-state index in [9.17, 15) is 19.5 Å². The quantitative estimate of drug-likeness (QED) is 0.335. The summed E-state index contributed by atoms with van der Waals surface area (Å²) < 4.78 is 0. The van der Waals surface area contributed by atoms with Gasteiger partial charge < -0.3 is 15.7 Å². The molecular formula is C31H45N5O4. The number of carbonyl (C=O) groups excluding carboxylic acids is 2. The smallest absolute Gasteiger partial charge is 0.322 e. The number of aromatic nitrogens is 1. The average molecular weight is 552 g/mol. The number of hydrogen-bond donors (Lipinski definition) is 4. The first-order valence-corrected chi connectivity index (χ1v) is 14.3. The standard InChI is InChI=1S/C31H45N5O4/c1-8-24-20(4)16-23-12-11-22(17-26(23)33-24)13-14-31(6,7)30(40)34-27(19(2)3)18-32-21(5)28(37)36-15-9-10-25(35-36)29(38)39/h11-14,16-17,19,21,25,27,32,35H,8-10,15,18H2,1-7H3,(H,34,40)(H,38,39)/b14-13+/t21?,25?,27-/m1/s1.